The van der Waals surface area contributed by atoms with E-state index in [0.717, 1.165) is 11.4 Å². The minimum atomic E-state index is -3.52. The number of anilines is 2. The number of rotatable bonds is 7. The van der Waals surface area contributed by atoms with Crippen molar-refractivity contribution in [1.82, 2.24) is 9.71 Å². The fourth-order valence-corrected chi connectivity index (χ4v) is 3.14. The Kier molecular flexibility index (Phi) is 5.57. The Morgan fingerprint density at radius 2 is 1.83 bits per heavy atom. The average molecular weight is 335 g/mol. The second-order valence-corrected chi connectivity index (χ2v) is 6.95. The van der Waals surface area contributed by atoms with Crippen molar-refractivity contribution in [2.75, 3.05) is 11.9 Å². The van der Waals surface area contributed by atoms with Gasteiger partial charge in [0.15, 0.2) is 0 Å². The van der Waals surface area contributed by atoms with Crippen LogP contribution >= 0.6 is 0 Å². The highest BCUT2D eigenvalue weighted by Crippen LogP contribution is 2.19. The zero-order chi connectivity index (χ0) is 16.9. The predicted molar refractivity (Wildman–Crippen MR) is 90.6 cm³/mol. The molecule has 0 amide bonds. The number of hydrogen-bond donors (Lipinski definition) is 2. The molecule has 0 fully saturated rings. The molecule has 2 aromatic rings. The quantitative estimate of drug-likeness (QED) is 0.813. The van der Waals surface area contributed by atoms with Gasteiger partial charge in [-0.15, -0.1) is 0 Å². The van der Waals surface area contributed by atoms with Crippen molar-refractivity contribution in [3.63, 3.8) is 0 Å². The lowest BCUT2D eigenvalue weighted by atomic mass is 10.3. The van der Waals surface area contributed by atoms with Crippen LogP contribution in [0.3, 0.4) is 0 Å². The summed E-state index contributed by atoms with van der Waals surface area (Å²) < 4.78 is 32.0. The Labute approximate surface area is 137 Å². The third kappa shape index (κ3) is 4.94. The molecule has 0 unspecified atom stereocenters. The zero-order valence-electron chi connectivity index (χ0n) is 13.4. The van der Waals surface area contributed by atoms with Gasteiger partial charge in [-0.2, -0.15) is 0 Å². The highest BCUT2D eigenvalue weighted by molar-refractivity contribution is 7.89. The summed E-state index contributed by atoms with van der Waals surface area (Å²) in [6.07, 6.45) is 1.33. The molecule has 6 nitrogen and oxygen atoms in total. The third-order valence-electron chi connectivity index (χ3n) is 2.88. The van der Waals surface area contributed by atoms with Crippen LogP contribution in [0.1, 0.15) is 20.8 Å². The molecule has 124 valence electrons. The lowest BCUT2D eigenvalue weighted by Crippen LogP contribution is -2.30. The first kappa shape index (κ1) is 17.2. The van der Waals surface area contributed by atoms with E-state index in [0.29, 0.717) is 12.4 Å². The molecule has 0 saturated carbocycles. The Balaban J connectivity index is 2.08. The van der Waals surface area contributed by atoms with Crippen LogP contribution < -0.4 is 14.8 Å². The SMILES string of the molecule is CCOc1ccc(Nc2ccc(S(=O)(=O)NC(C)C)cn2)cc1. The molecule has 0 bridgehead atoms. The summed E-state index contributed by atoms with van der Waals surface area (Å²) in [5.41, 5.74) is 0.844. The first-order valence-corrected chi connectivity index (χ1v) is 8.87. The van der Waals surface area contributed by atoms with Gasteiger partial charge in [0, 0.05) is 17.9 Å². The Morgan fingerprint density at radius 1 is 1.13 bits per heavy atom. The van der Waals surface area contributed by atoms with Crippen LogP contribution in [-0.2, 0) is 10.0 Å². The number of sulfonamides is 1. The van der Waals surface area contributed by atoms with Crippen molar-refractivity contribution in [1.29, 1.82) is 0 Å². The second-order valence-electron chi connectivity index (χ2n) is 5.24. The van der Waals surface area contributed by atoms with Gasteiger partial charge in [-0.05, 0) is 57.2 Å². The van der Waals surface area contributed by atoms with E-state index in [9.17, 15) is 8.42 Å². The molecule has 23 heavy (non-hydrogen) atoms. The minimum Gasteiger partial charge on any atom is -0.494 e. The van der Waals surface area contributed by atoms with E-state index in [1.54, 1.807) is 19.9 Å². The van der Waals surface area contributed by atoms with Crippen LogP contribution in [0.4, 0.5) is 11.5 Å². The van der Waals surface area contributed by atoms with Crippen molar-refractivity contribution in [2.24, 2.45) is 0 Å². The van der Waals surface area contributed by atoms with Gasteiger partial charge in [-0.25, -0.2) is 18.1 Å². The van der Waals surface area contributed by atoms with Gasteiger partial charge in [0.05, 0.1) is 6.61 Å². The van der Waals surface area contributed by atoms with E-state index in [2.05, 4.69) is 15.0 Å². The van der Waals surface area contributed by atoms with Gasteiger partial charge >= 0.3 is 0 Å². The smallest absolute Gasteiger partial charge is 0.242 e. The Morgan fingerprint density at radius 3 is 2.35 bits per heavy atom. The molecule has 0 aliphatic carbocycles. The van der Waals surface area contributed by atoms with Gasteiger partial charge < -0.3 is 10.1 Å². The van der Waals surface area contributed by atoms with E-state index in [-0.39, 0.29) is 10.9 Å². The van der Waals surface area contributed by atoms with Crippen molar-refractivity contribution in [2.45, 2.75) is 31.7 Å². The highest BCUT2D eigenvalue weighted by atomic mass is 32.2. The van der Waals surface area contributed by atoms with Crippen LogP contribution in [0, 0.1) is 0 Å². The molecule has 2 N–H and O–H groups in total. The van der Waals surface area contributed by atoms with Gasteiger partial charge in [-0.3, -0.25) is 0 Å². The summed E-state index contributed by atoms with van der Waals surface area (Å²) in [6.45, 7) is 6.09. The fraction of sp³-hybridized carbons (Fsp3) is 0.312. The number of hydrogen-bond acceptors (Lipinski definition) is 5. The monoisotopic (exact) mass is 335 g/mol. The molecule has 0 saturated heterocycles. The first-order chi connectivity index (χ1) is 10.9. The molecule has 0 aliphatic rings. The predicted octanol–water partition coefficient (Wildman–Crippen LogP) is 2.91. The highest BCUT2D eigenvalue weighted by Gasteiger charge is 2.15. The van der Waals surface area contributed by atoms with Gasteiger partial charge in [0.25, 0.3) is 0 Å². The van der Waals surface area contributed by atoms with E-state index < -0.39 is 10.0 Å². The molecular formula is C16H21N3O3S. The summed E-state index contributed by atoms with van der Waals surface area (Å²) in [4.78, 5) is 4.29. The van der Waals surface area contributed by atoms with Gasteiger partial charge in [0.1, 0.15) is 16.5 Å². The maximum Gasteiger partial charge on any atom is 0.242 e. The van der Waals surface area contributed by atoms with Crippen LogP contribution in [-0.4, -0.2) is 26.1 Å². The van der Waals surface area contributed by atoms with Crippen molar-refractivity contribution in [3.05, 3.63) is 42.6 Å². The molecule has 0 spiro atoms. The topological polar surface area (TPSA) is 80.3 Å². The molecule has 7 heteroatoms. The number of ether oxygens (including phenoxy) is 1. The van der Waals surface area contributed by atoms with Crippen LogP contribution in [0.5, 0.6) is 5.75 Å². The molecular weight excluding hydrogens is 314 g/mol. The van der Waals surface area contributed by atoms with E-state index in [4.69, 9.17) is 4.74 Å². The third-order valence-corrected chi connectivity index (χ3v) is 4.52. The van der Waals surface area contributed by atoms with Gasteiger partial charge in [-0.1, -0.05) is 0 Å². The Bertz CT molecular complexity index is 726. The molecule has 1 aromatic heterocycles. The van der Waals surface area contributed by atoms with Crippen molar-refractivity contribution >= 4 is 21.5 Å². The summed E-state index contributed by atoms with van der Waals surface area (Å²) in [5, 5.41) is 3.11. The van der Waals surface area contributed by atoms with Crippen LogP contribution in [0.2, 0.25) is 0 Å². The average Bonchev–Trinajstić information content (AvgIpc) is 2.49. The lowest BCUT2D eigenvalue weighted by Gasteiger charge is -2.10. The number of benzene rings is 1. The lowest BCUT2D eigenvalue weighted by molar-refractivity contribution is 0.340. The maximum atomic E-state index is 12.0. The number of nitrogens with one attached hydrogen (secondary N) is 2. The van der Waals surface area contributed by atoms with Crippen molar-refractivity contribution in [3.8, 4) is 5.75 Å². The maximum absolute atomic E-state index is 12.0. The standard InChI is InChI=1S/C16H21N3O3S/c1-4-22-14-7-5-13(6-8-14)18-16-10-9-15(11-17-16)23(20,21)19-12(2)3/h5-12,19H,4H2,1-3H3,(H,17,18). The van der Waals surface area contributed by atoms with Crippen LogP contribution in [0.25, 0.3) is 0 Å². The van der Waals surface area contributed by atoms with E-state index in [1.807, 2.05) is 31.2 Å². The van der Waals surface area contributed by atoms with E-state index >= 15 is 0 Å². The number of aromatic nitrogens is 1. The van der Waals surface area contributed by atoms with Crippen LogP contribution in [0.15, 0.2) is 47.5 Å². The molecule has 0 radical (unpaired) electrons. The molecule has 0 atom stereocenters. The fourth-order valence-electron chi connectivity index (χ4n) is 1.94. The zero-order valence-corrected chi connectivity index (χ0v) is 14.2. The molecule has 1 heterocycles. The summed E-state index contributed by atoms with van der Waals surface area (Å²) in [5.74, 6) is 1.37. The second kappa shape index (κ2) is 7.43. The number of nitrogens with zero attached hydrogens (tertiary/aromatic N) is 1. The van der Waals surface area contributed by atoms with E-state index in [1.165, 1.54) is 12.3 Å². The van der Waals surface area contributed by atoms with Crippen molar-refractivity contribution < 1.29 is 13.2 Å². The summed E-state index contributed by atoms with van der Waals surface area (Å²) >= 11 is 0. The van der Waals surface area contributed by atoms with Gasteiger partial charge in [0.2, 0.25) is 10.0 Å². The number of pyridine rings is 1. The molecule has 0 aliphatic heterocycles. The minimum absolute atomic E-state index is 0.142. The largest absolute Gasteiger partial charge is 0.494 e. The summed E-state index contributed by atoms with van der Waals surface area (Å²) in [6, 6.07) is 10.4. The molecule has 2 rings (SSSR count). The molecule has 1 aromatic carbocycles. The summed E-state index contributed by atoms with van der Waals surface area (Å²) in [7, 11) is -3.52. The normalized spacial score (nSPS) is 11.5. The first-order valence-electron chi connectivity index (χ1n) is 7.39. The Hall–Kier alpha value is -2.12.